The second kappa shape index (κ2) is 6.10. The van der Waals surface area contributed by atoms with Crippen LogP contribution in [0.5, 0.6) is 0 Å². The summed E-state index contributed by atoms with van der Waals surface area (Å²) in [6.45, 7) is 2.01. The molecule has 0 fully saturated rings. The van der Waals surface area contributed by atoms with Crippen LogP contribution in [0.4, 0.5) is 5.69 Å². The van der Waals surface area contributed by atoms with Gasteiger partial charge in [-0.3, -0.25) is 10.2 Å². The van der Waals surface area contributed by atoms with Crippen LogP contribution in [0.1, 0.15) is 20.1 Å². The molecule has 0 saturated carbocycles. The van der Waals surface area contributed by atoms with Crippen LogP contribution in [0.3, 0.4) is 0 Å². The van der Waals surface area contributed by atoms with Crippen LogP contribution in [0.25, 0.3) is 0 Å². The van der Waals surface area contributed by atoms with E-state index < -0.39 is 0 Å². The molecule has 2 aromatic rings. The SMILES string of the molecule is Cc1sc(C(=O)NN)cc1CSc1cccc(N)c1. The average molecular weight is 293 g/mol. The molecule has 1 aromatic heterocycles. The number of amides is 1. The Morgan fingerprint density at radius 2 is 2.21 bits per heavy atom. The largest absolute Gasteiger partial charge is 0.399 e. The van der Waals surface area contributed by atoms with Gasteiger partial charge in [0.25, 0.3) is 5.91 Å². The van der Waals surface area contributed by atoms with Gasteiger partial charge >= 0.3 is 0 Å². The Labute approximate surface area is 120 Å². The molecule has 4 nitrogen and oxygen atoms in total. The Balaban J connectivity index is 2.07. The Morgan fingerprint density at radius 1 is 1.42 bits per heavy atom. The Morgan fingerprint density at radius 3 is 2.89 bits per heavy atom. The van der Waals surface area contributed by atoms with Crippen molar-refractivity contribution >= 4 is 34.7 Å². The zero-order valence-electron chi connectivity index (χ0n) is 10.5. The molecule has 0 bridgehead atoms. The van der Waals surface area contributed by atoms with Crippen molar-refractivity contribution in [2.75, 3.05) is 5.73 Å². The number of carbonyl (C=O) groups is 1. The minimum atomic E-state index is -0.242. The maximum Gasteiger partial charge on any atom is 0.275 e. The lowest BCUT2D eigenvalue weighted by Crippen LogP contribution is -2.29. The van der Waals surface area contributed by atoms with Crippen molar-refractivity contribution in [1.29, 1.82) is 0 Å². The molecule has 6 heteroatoms. The molecule has 0 spiro atoms. The second-order valence-electron chi connectivity index (χ2n) is 4.03. The van der Waals surface area contributed by atoms with Gasteiger partial charge in [0.1, 0.15) is 0 Å². The first kappa shape index (κ1) is 13.9. The molecule has 0 aliphatic heterocycles. The summed E-state index contributed by atoms with van der Waals surface area (Å²) < 4.78 is 0. The van der Waals surface area contributed by atoms with Crippen LogP contribution in [-0.2, 0) is 5.75 Å². The standard InChI is InChI=1S/C13H15N3OS2/c1-8-9(5-12(19-8)13(17)16-15)7-18-11-4-2-3-10(14)6-11/h2-6H,7,14-15H2,1H3,(H,16,17). The van der Waals surface area contributed by atoms with Gasteiger partial charge in [-0.1, -0.05) is 6.07 Å². The van der Waals surface area contributed by atoms with E-state index in [1.54, 1.807) is 11.8 Å². The van der Waals surface area contributed by atoms with Gasteiger partial charge < -0.3 is 5.73 Å². The maximum absolute atomic E-state index is 11.4. The molecule has 0 aliphatic carbocycles. The van der Waals surface area contributed by atoms with Gasteiger partial charge in [0.05, 0.1) is 4.88 Å². The van der Waals surface area contributed by atoms with Crippen molar-refractivity contribution in [2.24, 2.45) is 5.84 Å². The third-order valence-corrected chi connectivity index (χ3v) is 4.76. The maximum atomic E-state index is 11.4. The van der Waals surface area contributed by atoms with Crippen molar-refractivity contribution in [1.82, 2.24) is 5.43 Å². The lowest BCUT2D eigenvalue weighted by Gasteiger charge is -2.02. The topological polar surface area (TPSA) is 81.1 Å². The predicted octanol–water partition coefficient (Wildman–Crippen LogP) is 2.53. The number of thioether (sulfide) groups is 1. The van der Waals surface area contributed by atoms with Gasteiger partial charge in [-0.15, -0.1) is 23.1 Å². The number of thiophene rings is 1. The van der Waals surface area contributed by atoms with E-state index in [0.29, 0.717) is 4.88 Å². The molecular weight excluding hydrogens is 278 g/mol. The molecule has 0 saturated heterocycles. The highest BCUT2D eigenvalue weighted by Gasteiger charge is 2.11. The third kappa shape index (κ3) is 3.50. The van der Waals surface area contributed by atoms with Gasteiger partial charge in [0, 0.05) is 21.2 Å². The highest BCUT2D eigenvalue weighted by molar-refractivity contribution is 7.98. The van der Waals surface area contributed by atoms with E-state index in [0.717, 1.165) is 26.8 Å². The van der Waals surface area contributed by atoms with Crippen LogP contribution in [0.2, 0.25) is 0 Å². The number of benzene rings is 1. The molecular formula is C13H15N3OS2. The lowest BCUT2D eigenvalue weighted by molar-refractivity contribution is 0.0957. The number of aryl methyl sites for hydroxylation is 1. The molecule has 5 N–H and O–H groups in total. The normalized spacial score (nSPS) is 10.4. The Kier molecular flexibility index (Phi) is 4.47. The minimum absolute atomic E-state index is 0.242. The van der Waals surface area contributed by atoms with E-state index in [2.05, 4.69) is 5.43 Å². The number of nitrogens with one attached hydrogen (secondary N) is 1. The Bertz CT molecular complexity index is 595. The number of hydrazine groups is 1. The zero-order chi connectivity index (χ0) is 13.8. The van der Waals surface area contributed by atoms with Crippen LogP contribution >= 0.6 is 23.1 Å². The fourth-order valence-corrected chi connectivity index (χ4v) is 3.66. The average Bonchev–Trinajstić information content (AvgIpc) is 2.77. The van der Waals surface area contributed by atoms with Crippen molar-refractivity contribution < 1.29 is 4.79 Å². The van der Waals surface area contributed by atoms with Crippen molar-refractivity contribution in [3.05, 3.63) is 45.6 Å². The van der Waals surface area contributed by atoms with Crippen LogP contribution in [-0.4, -0.2) is 5.91 Å². The molecule has 1 amide bonds. The summed E-state index contributed by atoms with van der Waals surface area (Å²) in [6.07, 6.45) is 0. The first-order chi connectivity index (χ1) is 9.10. The summed E-state index contributed by atoms with van der Waals surface area (Å²) in [4.78, 5) is 14.3. The van der Waals surface area contributed by atoms with E-state index in [9.17, 15) is 4.79 Å². The molecule has 100 valence electrons. The molecule has 1 aromatic carbocycles. The molecule has 2 rings (SSSR count). The van der Waals surface area contributed by atoms with Crippen LogP contribution in [0, 0.1) is 6.92 Å². The highest BCUT2D eigenvalue weighted by atomic mass is 32.2. The van der Waals surface area contributed by atoms with Crippen molar-refractivity contribution in [3.63, 3.8) is 0 Å². The van der Waals surface area contributed by atoms with Gasteiger partial charge in [-0.05, 0) is 36.8 Å². The van der Waals surface area contributed by atoms with Crippen LogP contribution in [0.15, 0.2) is 35.2 Å². The molecule has 19 heavy (non-hydrogen) atoms. The van der Waals surface area contributed by atoms with E-state index in [1.165, 1.54) is 11.3 Å². The predicted molar refractivity (Wildman–Crippen MR) is 81.1 cm³/mol. The number of carbonyl (C=O) groups excluding carboxylic acids is 1. The fraction of sp³-hybridized carbons (Fsp3) is 0.154. The molecule has 0 unspecified atom stereocenters. The summed E-state index contributed by atoms with van der Waals surface area (Å²) in [7, 11) is 0. The first-order valence-corrected chi connectivity index (χ1v) is 7.49. The summed E-state index contributed by atoms with van der Waals surface area (Å²) >= 11 is 3.15. The summed E-state index contributed by atoms with van der Waals surface area (Å²) in [5.74, 6) is 5.70. The van der Waals surface area contributed by atoms with Crippen molar-refractivity contribution in [3.8, 4) is 0 Å². The second-order valence-corrected chi connectivity index (χ2v) is 6.33. The van der Waals surface area contributed by atoms with Gasteiger partial charge in [-0.2, -0.15) is 0 Å². The quantitative estimate of drug-likeness (QED) is 0.266. The van der Waals surface area contributed by atoms with Gasteiger partial charge in [0.2, 0.25) is 0 Å². The highest BCUT2D eigenvalue weighted by Crippen LogP contribution is 2.29. The number of nitrogen functional groups attached to an aromatic ring is 2. The number of hydrogen-bond donors (Lipinski definition) is 3. The van der Waals surface area contributed by atoms with Gasteiger partial charge in [0.15, 0.2) is 0 Å². The first-order valence-electron chi connectivity index (χ1n) is 5.68. The number of rotatable bonds is 4. The molecule has 0 atom stereocenters. The third-order valence-electron chi connectivity index (χ3n) is 2.63. The summed E-state index contributed by atoms with van der Waals surface area (Å²) in [5, 5.41) is 0. The van der Waals surface area contributed by atoms with Gasteiger partial charge in [-0.25, -0.2) is 5.84 Å². The Hall–Kier alpha value is -1.50. The minimum Gasteiger partial charge on any atom is -0.399 e. The fourth-order valence-electron chi connectivity index (χ4n) is 1.61. The number of hydrogen-bond acceptors (Lipinski definition) is 5. The molecule has 0 aliphatic rings. The molecule has 0 radical (unpaired) electrons. The van der Waals surface area contributed by atoms with Crippen molar-refractivity contribution in [2.45, 2.75) is 17.6 Å². The van der Waals surface area contributed by atoms with Crippen LogP contribution < -0.4 is 17.0 Å². The van der Waals surface area contributed by atoms with E-state index in [-0.39, 0.29) is 5.91 Å². The van der Waals surface area contributed by atoms with E-state index >= 15 is 0 Å². The lowest BCUT2D eigenvalue weighted by atomic mass is 10.3. The van der Waals surface area contributed by atoms with E-state index in [4.69, 9.17) is 11.6 Å². The molecule has 1 heterocycles. The summed E-state index contributed by atoms with van der Waals surface area (Å²) in [5.41, 5.74) is 9.80. The monoisotopic (exact) mass is 293 g/mol. The number of anilines is 1. The summed E-state index contributed by atoms with van der Waals surface area (Å²) in [6, 6.07) is 9.66. The zero-order valence-corrected chi connectivity index (χ0v) is 12.1. The van der Waals surface area contributed by atoms with E-state index in [1.807, 2.05) is 37.3 Å². The number of nitrogens with two attached hydrogens (primary N) is 2. The smallest absolute Gasteiger partial charge is 0.275 e.